The maximum Gasteiger partial charge on any atom is 0.502 e. The first-order valence-electron chi connectivity index (χ1n) is 8.89. The van der Waals surface area contributed by atoms with Crippen molar-refractivity contribution in [1.29, 1.82) is 0 Å². The van der Waals surface area contributed by atoms with Crippen molar-refractivity contribution in [2.75, 3.05) is 32.9 Å². The van der Waals surface area contributed by atoms with E-state index in [1.165, 1.54) is 0 Å². The summed E-state index contributed by atoms with van der Waals surface area (Å²) in [6, 6.07) is 0.848. The molecule has 6 heteroatoms. The van der Waals surface area contributed by atoms with E-state index in [0.717, 1.165) is 44.8 Å². The van der Waals surface area contributed by atoms with Crippen LogP contribution in [0.1, 0.15) is 60.3 Å². The average molecular weight is 336 g/mol. The van der Waals surface area contributed by atoms with Gasteiger partial charge < -0.3 is 18.4 Å². The topological polar surface area (TPSA) is 51.2 Å². The van der Waals surface area contributed by atoms with Gasteiger partial charge in [-0.3, -0.25) is 4.90 Å². The van der Waals surface area contributed by atoms with Crippen molar-refractivity contribution in [3.63, 3.8) is 0 Å². The summed E-state index contributed by atoms with van der Waals surface area (Å²) in [6.07, 6.45) is 3.99. The number of hydrogen-bond donors (Lipinski definition) is 1. The van der Waals surface area contributed by atoms with Gasteiger partial charge in [0.05, 0.1) is 0 Å². The number of rotatable bonds is 15. The fourth-order valence-electron chi connectivity index (χ4n) is 2.50. The summed E-state index contributed by atoms with van der Waals surface area (Å²) in [7, 11) is -2.60. The molecule has 0 bridgehead atoms. The third-order valence-electron chi connectivity index (χ3n) is 3.55. The smallest absolute Gasteiger partial charge is 0.396 e. The molecule has 134 valence electrons. The Hall–Kier alpha value is 0.0169. The van der Waals surface area contributed by atoms with Gasteiger partial charge in [-0.1, -0.05) is 26.7 Å². The number of unbranched alkanes of at least 4 members (excludes halogenated alkanes) is 1. The third-order valence-corrected chi connectivity index (χ3v) is 6.82. The molecule has 0 aliphatic carbocycles. The highest BCUT2D eigenvalue weighted by molar-refractivity contribution is 6.60. The van der Waals surface area contributed by atoms with E-state index in [4.69, 9.17) is 18.4 Å². The molecule has 1 atom stereocenters. The van der Waals surface area contributed by atoms with Crippen molar-refractivity contribution in [3.8, 4) is 0 Å². The zero-order valence-corrected chi connectivity index (χ0v) is 16.3. The molecule has 0 heterocycles. The lowest BCUT2D eigenvalue weighted by Crippen LogP contribution is -2.52. The van der Waals surface area contributed by atoms with Gasteiger partial charge in [-0.2, -0.15) is 0 Å². The Kier molecular flexibility index (Phi) is 13.5. The van der Waals surface area contributed by atoms with Crippen molar-refractivity contribution < 1.29 is 18.4 Å². The third kappa shape index (κ3) is 8.60. The van der Waals surface area contributed by atoms with Gasteiger partial charge in [0, 0.05) is 39.0 Å². The van der Waals surface area contributed by atoms with Crippen LogP contribution in [-0.4, -0.2) is 57.9 Å². The second-order valence-corrected chi connectivity index (χ2v) is 8.16. The first-order valence-corrected chi connectivity index (χ1v) is 10.8. The molecule has 1 N–H and O–H groups in total. The van der Waals surface area contributed by atoms with Gasteiger partial charge in [-0.25, -0.2) is 0 Å². The molecular weight excluding hydrogens is 298 g/mol. The highest BCUT2D eigenvalue weighted by Crippen LogP contribution is 2.21. The van der Waals surface area contributed by atoms with E-state index in [1.54, 1.807) is 0 Å². The van der Waals surface area contributed by atoms with Crippen LogP contribution in [0.5, 0.6) is 0 Å². The Morgan fingerprint density at radius 2 is 1.55 bits per heavy atom. The quantitative estimate of drug-likeness (QED) is 0.368. The summed E-state index contributed by atoms with van der Waals surface area (Å²) in [4.78, 5) is 2.29. The summed E-state index contributed by atoms with van der Waals surface area (Å²) >= 11 is 0. The molecular formula is C16H37NO4Si. The van der Waals surface area contributed by atoms with Crippen LogP contribution < -0.4 is 0 Å². The number of aliphatic hydroxyl groups is 1. The van der Waals surface area contributed by atoms with Crippen LogP contribution in [0.2, 0.25) is 6.04 Å². The van der Waals surface area contributed by atoms with Crippen LogP contribution >= 0.6 is 0 Å². The van der Waals surface area contributed by atoms with Gasteiger partial charge in [0.2, 0.25) is 0 Å². The lowest BCUT2D eigenvalue weighted by Gasteiger charge is -2.36. The van der Waals surface area contributed by atoms with Gasteiger partial charge in [-0.15, -0.1) is 0 Å². The normalized spacial score (nSPS) is 13.8. The minimum atomic E-state index is -2.60. The fourth-order valence-corrected chi connectivity index (χ4v) is 5.29. The highest BCUT2D eigenvalue weighted by Gasteiger charge is 2.42. The molecule has 0 aromatic rings. The molecule has 0 fully saturated rings. The molecule has 1 unspecified atom stereocenters. The van der Waals surface area contributed by atoms with Crippen LogP contribution in [0.4, 0.5) is 0 Å². The minimum Gasteiger partial charge on any atom is -0.396 e. The van der Waals surface area contributed by atoms with Crippen LogP contribution in [0.15, 0.2) is 0 Å². The van der Waals surface area contributed by atoms with Gasteiger partial charge in [-0.05, 0) is 33.6 Å². The Balaban J connectivity index is 4.85. The Morgan fingerprint density at radius 1 is 0.955 bits per heavy atom. The zero-order valence-electron chi connectivity index (χ0n) is 15.3. The number of nitrogens with zero attached hydrogens (tertiary/aromatic N) is 1. The van der Waals surface area contributed by atoms with Crippen LogP contribution in [-0.2, 0) is 13.3 Å². The molecule has 0 rings (SSSR count). The Labute approximate surface area is 138 Å². The van der Waals surface area contributed by atoms with Gasteiger partial charge in [0.1, 0.15) is 6.23 Å². The maximum absolute atomic E-state index is 9.10. The van der Waals surface area contributed by atoms with E-state index in [9.17, 15) is 0 Å². The molecule has 0 saturated heterocycles. The molecule has 0 aliphatic heterocycles. The Morgan fingerprint density at radius 3 is 2.00 bits per heavy atom. The predicted molar refractivity (Wildman–Crippen MR) is 92.8 cm³/mol. The monoisotopic (exact) mass is 335 g/mol. The molecule has 5 nitrogen and oxygen atoms in total. The zero-order chi connectivity index (χ0) is 16.8. The predicted octanol–water partition coefficient (Wildman–Crippen LogP) is 3.26. The van der Waals surface area contributed by atoms with Crippen LogP contribution in [0.25, 0.3) is 0 Å². The largest absolute Gasteiger partial charge is 0.502 e. The standard InChI is InChI=1S/C16H37NO4Si/c1-6-10-12-17(13-11-14-18)16(5)21-22(15-7-2,19-8-3)20-9-4/h16,18H,6-15H2,1-5H3. The van der Waals surface area contributed by atoms with E-state index >= 15 is 0 Å². The molecule has 0 radical (unpaired) electrons. The van der Waals surface area contributed by atoms with Gasteiger partial charge >= 0.3 is 8.80 Å². The van der Waals surface area contributed by atoms with E-state index in [2.05, 4.69) is 25.7 Å². The summed E-state index contributed by atoms with van der Waals surface area (Å²) in [5.74, 6) is 0. The summed E-state index contributed by atoms with van der Waals surface area (Å²) < 4.78 is 18.3. The lowest BCUT2D eigenvalue weighted by molar-refractivity contribution is -0.0362. The second kappa shape index (κ2) is 13.5. The van der Waals surface area contributed by atoms with Gasteiger partial charge in [0.15, 0.2) is 0 Å². The molecule has 0 amide bonds. The summed E-state index contributed by atoms with van der Waals surface area (Å²) in [5, 5.41) is 9.10. The molecule has 0 saturated carbocycles. The Bertz CT molecular complexity index is 231. The van der Waals surface area contributed by atoms with Crippen LogP contribution in [0, 0.1) is 0 Å². The maximum atomic E-state index is 9.10. The second-order valence-electron chi connectivity index (χ2n) is 5.48. The molecule has 0 aromatic heterocycles. The van der Waals surface area contributed by atoms with Gasteiger partial charge in [0.25, 0.3) is 0 Å². The van der Waals surface area contributed by atoms with Crippen LogP contribution in [0.3, 0.4) is 0 Å². The lowest BCUT2D eigenvalue weighted by atomic mass is 10.3. The first-order chi connectivity index (χ1) is 10.6. The first kappa shape index (κ1) is 22.0. The SMILES string of the molecule is CCCCN(CCCO)C(C)O[Si](CCC)(OCC)OCC. The molecule has 0 spiro atoms. The van der Waals surface area contributed by atoms with E-state index < -0.39 is 8.80 Å². The van der Waals surface area contributed by atoms with Crippen molar-refractivity contribution in [3.05, 3.63) is 0 Å². The summed E-state index contributed by atoms with van der Waals surface area (Å²) in [6.45, 7) is 13.6. The van der Waals surface area contributed by atoms with Crippen molar-refractivity contribution >= 4 is 8.80 Å². The highest BCUT2D eigenvalue weighted by atomic mass is 28.4. The van der Waals surface area contributed by atoms with E-state index in [0.29, 0.717) is 13.2 Å². The molecule has 22 heavy (non-hydrogen) atoms. The van der Waals surface area contributed by atoms with Crippen molar-refractivity contribution in [2.45, 2.75) is 72.6 Å². The molecule has 0 aromatic carbocycles. The molecule has 0 aliphatic rings. The van der Waals surface area contributed by atoms with E-state index in [1.807, 2.05) is 13.8 Å². The number of hydrogen-bond acceptors (Lipinski definition) is 5. The summed E-state index contributed by atoms with van der Waals surface area (Å²) in [5.41, 5.74) is 0. The average Bonchev–Trinajstić information content (AvgIpc) is 2.48. The fraction of sp³-hybridized carbons (Fsp3) is 1.00. The minimum absolute atomic E-state index is 0.0468. The van der Waals surface area contributed by atoms with Crippen molar-refractivity contribution in [2.24, 2.45) is 0 Å². The van der Waals surface area contributed by atoms with E-state index in [-0.39, 0.29) is 12.8 Å². The number of aliphatic hydroxyl groups excluding tert-OH is 1. The van der Waals surface area contributed by atoms with Crippen molar-refractivity contribution in [1.82, 2.24) is 4.90 Å².